The first-order valence-electron chi connectivity index (χ1n) is 6.86. The lowest BCUT2D eigenvalue weighted by molar-refractivity contribution is 0.0589. The molecular weight excluding hydrogens is 216 g/mol. The number of methoxy groups -OCH3 is 1. The summed E-state index contributed by atoms with van der Waals surface area (Å²) in [7, 11) is 1.62. The molecule has 17 heavy (non-hydrogen) atoms. The predicted octanol–water partition coefficient (Wildman–Crippen LogP) is 0.894. The molecule has 1 saturated heterocycles. The van der Waals surface area contributed by atoms with E-state index in [0.29, 0.717) is 18.7 Å². The Morgan fingerprint density at radius 2 is 2.29 bits per heavy atom. The SMILES string of the molecule is COCC(O)CCNC(C)CC1CCCCN1. The molecule has 0 aromatic carbocycles. The van der Waals surface area contributed by atoms with Gasteiger partial charge in [0.15, 0.2) is 0 Å². The summed E-state index contributed by atoms with van der Waals surface area (Å²) < 4.78 is 4.89. The highest BCUT2D eigenvalue weighted by atomic mass is 16.5. The van der Waals surface area contributed by atoms with Gasteiger partial charge in [-0.3, -0.25) is 0 Å². The van der Waals surface area contributed by atoms with Gasteiger partial charge in [-0.25, -0.2) is 0 Å². The van der Waals surface area contributed by atoms with Crippen LogP contribution in [0.4, 0.5) is 0 Å². The zero-order chi connectivity index (χ0) is 12.5. The number of aliphatic hydroxyl groups is 1. The Bertz CT molecular complexity index is 184. The van der Waals surface area contributed by atoms with Gasteiger partial charge in [-0.1, -0.05) is 6.42 Å². The van der Waals surface area contributed by atoms with Crippen LogP contribution >= 0.6 is 0 Å². The number of rotatable bonds is 8. The summed E-state index contributed by atoms with van der Waals surface area (Å²) >= 11 is 0. The number of piperidine rings is 1. The van der Waals surface area contributed by atoms with E-state index in [2.05, 4.69) is 17.6 Å². The van der Waals surface area contributed by atoms with Crippen LogP contribution in [0.1, 0.15) is 39.0 Å². The summed E-state index contributed by atoms with van der Waals surface area (Å²) in [6.07, 6.45) is 5.58. The lowest BCUT2D eigenvalue weighted by atomic mass is 9.99. The Balaban J connectivity index is 2.02. The van der Waals surface area contributed by atoms with Crippen molar-refractivity contribution in [3.63, 3.8) is 0 Å². The molecule has 0 aliphatic carbocycles. The number of ether oxygens (including phenoxy) is 1. The molecule has 4 heteroatoms. The first-order valence-corrected chi connectivity index (χ1v) is 6.86. The van der Waals surface area contributed by atoms with Crippen LogP contribution in [-0.2, 0) is 4.74 Å². The molecule has 3 atom stereocenters. The van der Waals surface area contributed by atoms with Crippen molar-refractivity contribution in [1.29, 1.82) is 0 Å². The van der Waals surface area contributed by atoms with Gasteiger partial charge in [0.05, 0.1) is 12.7 Å². The third-order valence-electron chi connectivity index (χ3n) is 3.38. The van der Waals surface area contributed by atoms with Gasteiger partial charge in [0, 0.05) is 19.2 Å². The Morgan fingerprint density at radius 1 is 1.47 bits per heavy atom. The Kier molecular flexibility index (Phi) is 7.77. The molecule has 1 rings (SSSR count). The van der Waals surface area contributed by atoms with Crippen molar-refractivity contribution in [1.82, 2.24) is 10.6 Å². The van der Waals surface area contributed by atoms with Gasteiger partial charge in [-0.05, 0) is 45.7 Å². The van der Waals surface area contributed by atoms with Crippen molar-refractivity contribution < 1.29 is 9.84 Å². The van der Waals surface area contributed by atoms with Crippen molar-refractivity contribution in [2.24, 2.45) is 0 Å². The largest absolute Gasteiger partial charge is 0.391 e. The maximum Gasteiger partial charge on any atom is 0.0785 e. The average Bonchev–Trinajstić information content (AvgIpc) is 2.30. The van der Waals surface area contributed by atoms with Gasteiger partial charge in [0.25, 0.3) is 0 Å². The van der Waals surface area contributed by atoms with Crippen molar-refractivity contribution in [3.8, 4) is 0 Å². The third-order valence-corrected chi connectivity index (χ3v) is 3.38. The molecule has 3 unspecified atom stereocenters. The molecular formula is C13H28N2O2. The second kappa shape index (κ2) is 8.86. The summed E-state index contributed by atoms with van der Waals surface area (Å²) in [5.41, 5.74) is 0. The molecule has 4 nitrogen and oxygen atoms in total. The van der Waals surface area contributed by atoms with Crippen LogP contribution in [0, 0.1) is 0 Å². The quantitative estimate of drug-likeness (QED) is 0.594. The Hall–Kier alpha value is -0.160. The second-order valence-corrected chi connectivity index (χ2v) is 5.14. The van der Waals surface area contributed by atoms with Crippen LogP contribution in [0.5, 0.6) is 0 Å². The lowest BCUT2D eigenvalue weighted by Gasteiger charge is -2.26. The van der Waals surface area contributed by atoms with Gasteiger partial charge < -0.3 is 20.5 Å². The minimum atomic E-state index is -0.340. The summed E-state index contributed by atoms with van der Waals surface area (Å²) in [6, 6.07) is 1.19. The molecule has 3 N–H and O–H groups in total. The molecule has 0 saturated carbocycles. The smallest absolute Gasteiger partial charge is 0.0785 e. The summed E-state index contributed by atoms with van der Waals surface area (Å²) in [5, 5.41) is 16.5. The molecule has 0 amide bonds. The highest BCUT2D eigenvalue weighted by Crippen LogP contribution is 2.11. The molecule has 1 aliphatic rings. The fraction of sp³-hybridized carbons (Fsp3) is 1.00. The third kappa shape index (κ3) is 6.99. The van der Waals surface area contributed by atoms with Crippen molar-refractivity contribution in [2.45, 2.75) is 57.2 Å². The maximum absolute atomic E-state index is 9.51. The molecule has 0 aromatic heterocycles. The van der Waals surface area contributed by atoms with E-state index in [4.69, 9.17) is 4.74 Å². The molecule has 1 aliphatic heterocycles. The zero-order valence-corrected chi connectivity index (χ0v) is 11.2. The minimum absolute atomic E-state index is 0.340. The van der Waals surface area contributed by atoms with E-state index in [0.717, 1.165) is 13.0 Å². The van der Waals surface area contributed by atoms with Crippen LogP contribution in [-0.4, -0.2) is 50.1 Å². The van der Waals surface area contributed by atoms with Gasteiger partial charge in [0.1, 0.15) is 0 Å². The molecule has 0 radical (unpaired) electrons. The molecule has 0 bridgehead atoms. The maximum atomic E-state index is 9.51. The van der Waals surface area contributed by atoms with Crippen LogP contribution in [0.25, 0.3) is 0 Å². The van der Waals surface area contributed by atoms with Gasteiger partial charge in [0.2, 0.25) is 0 Å². The van der Waals surface area contributed by atoms with Crippen LogP contribution in [0.2, 0.25) is 0 Å². The zero-order valence-electron chi connectivity index (χ0n) is 11.2. The van der Waals surface area contributed by atoms with E-state index >= 15 is 0 Å². The normalized spacial score (nSPS) is 24.5. The van der Waals surface area contributed by atoms with E-state index in [1.165, 1.54) is 32.2 Å². The lowest BCUT2D eigenvalue weighted by Crippen LogP contribution is -2.40. The molecule has 1 fully saturated rings. The summed E-state index contributed by atoms with van der Waals surface area (Å²) in [5.74, 6) is 0. The molecule has 1 heterocycles. The average molecular weight is 244 g/mol. The van der Waals surface area contributed by atoms with Crippen molar-refractivity contribution in [3.05, 3.63) is 0 Å². The van der Waals surface area contributed by atoms with E-state index in [1.54, 1.807) is 7.11 Å². The number of hydrogen-bond acceptors (Lipinski definition) is 4. The van der Waals surface area contributed by atoms with Crippen molar-refractivity contribution >= 4 is 0 Å². The van der Waals surface area contributed by atoms with Gasteiger partial charge in [-0.2, -0.15) is 0 Å². The standard InChI is InChI=1S/C13H28N2O2/c1-11(9-12-5-3-4-7-15-12)14-8-6-13(16)10-17-2/h11-16H,3-10H2,1-2H3. The van der Waals surface area contributed by atoms with E-state index in [-0.39, 0.29) is 6.10 Å². The fourth-order valence-corrected chi connectivity index (χ4v) is 2.41. The summed E-state index contributed by atoms with van der Waals surface area (Å²) in [4.78, 5) is 0. The number of hydrogen-bond donors (Lipinski definition) is 3. The first kappa shape index (κ1) is 14.9. The molecule has 102 valence electrons. The topological polar surface area (TPSA) is 53.5 Å². The molecule has 0 aromatic rings. The Labute approximate surface area is 105 Å². The number of aliphatic hydroxyl groups excluding tert-OH is 1. The van der Waals surface area contributed by atoms with E-state index < -0.39 is 0 Å². The van der Waals surface area contributed by atoms with Gasteiger partial charge in [-0.15, -0.1) is 0 Å². The molecule has 0 spiro atoms. The predicted molar refractivity (Wildman–Crippen MR) is 70.2 cm³/mol. The van der Waals surface area contributed by atoms with Crippen LogP contribution in [0.3, 0.4) is 0 Å². The van der Waals surface area contributed by atoms with Crippen molar-refractivity contribution in [2.75, 3.05) is 26.8 Å². The van der Waals surface area contributed by atoms with Crippen LogP contribution in [0.15, 0.2) is 0 Å². The Morgan fingerprint density at radius 3 is 2.94 bits per heavy atom. The first-order chi connectivity index (χ1) is 8.22. The van der Waals surface area contributed by atoms with E-state index in [1.807, 2.05) is 0 Å². The number of nitrogens with one attached hydrogen (secondary N) is 2. The fourth-order valence-electron chi connectivity index (χ4n) is 2.41. The van der Waals surface area contributed by atoms with Crippen LogP contribution < -0.4 is 10.6 Å². The highest BCUT2D eigenvalue weighted by molar-refractivity contribution is 4.77. The minimum Gasteiger partial charge on any atom is -0.391 e. The summed E-state index contributed by atoms with van der Waals surface area (Å²) in [6.45, 7) is 4.68. The monoisotopic (exact) mass is 244 g/mol. The van der Waals surface area contributed by atoms with E-state index in [9.17, 15) is 5.11 Å². The van der Waals surface area contributed by atoms with Gasteiger partial charge >= 0.3 is 0 Å². The highest BCUT2D eigenvalue weighted by Gasteiger charge is 2.15. The second-order valence-electron chi connectivity index (χ2n) is 5.14.